The average Bonchev–Trinajstić information content (AvgIpc) is 2.69. The first-order valence-electron chi connectivity index (χ1n) is 5.72. The van der Waals surface area contributed by atoms with E-state index in [-0.39, 0.29) is 6.04 Å². The third kappa shape index (κ3) is 2.47. The molecule has 0 amide bonds. The summed E-state index contributed by atoms with van der Waals surface area (Å²) >= 11 is 0. The molecule has 1 heterocycles. The van der Waals surface area contributed by atoms with Crippen LogP contribution >= 0.6 is 0 Å². The second-order valence-corrected chi connectivity index (χ2v) is 4.11. The molecule has 0 radical (unpaired) electrons. The first-order valence-corrected chi connectivity index (χ1v) is 5.72. The zero-order valence-electron chi connectivity index (χ0n) is 10.2. The summed E-state index contributed by atoms with van der Waals surface area (Å²) in [5.41, 5.74) is 9.20. The number of nitrogens with two attached hydrogens (primary N) is 1. The number of rotatable bonds is 4. The number of nitrogens with zero attached hydrogens (tertiary/aromatic N) is 2. The molecule has 90 valence electrons. The summed E-state index contributed by atoms with van der Waals surface area (Å²) in [5, 5.41) is 7.67. The molecule has 3 N–H and O–H groups in total. The molecular formula is C13H18N4. The highest BCUT2D eigenvalue weighted by Gasteiger charge is 2.14. The summed E-state index contributed by atoms with van der Waals surface area (Å²) in [6.07, 6.45) is 1.88. The molecule has 1 atom stereocenters. The molecule has 0 saturated heterocycles. The van der Waals surface area contributed by atoms with Crippen LogP contribution in [0.2, 0.25) is 0 Å². The van der Waals surface area contributed by atoms with Gasteiger partial charge in [0.05, 0.1) is 12.2 Å². The second kappa shape index (κ2) is 5.01. The fourth-order valence-corrected chi connectivity index (χ4v) is 1.86. The molecule has 2 rings (SSSR count). The molecule has 2 aromatic rings. The number of aromatic nitrogens is 2. The van der Waals surface area contributed by atoms with Crippen molar-refractivity contribution in [1.29, 1.82) is 0 Å². The van der Waals surface area contributed by atoms with Gasteiger partial charge in [-0.1, -0.05) is 18.2 Å². The molecule has 0 aliphatic rings. The Kier molecular flexibility index (Phi) is 3.44. The summed E-state index contributed by atoms with van der Waals surface area (Å²) in [6, 6.07) is 10.2. The predicted octanol–water partition coefficient (Wildman–Crippen LogP) is 1.84. The van der Waals surface area contributed by atoms with Crippen molar-refractivity contribution in [1.82, 2.24) is 9.78 Å². The van der Waals surface area contributed by atoms with Crippen molar-refractivity contribution in [2.75, 3.05) is 11.9 Å². The SMILES string of the molecule is Cc1c(C(CN)Nc2ccccc2)cnn1C. The van der Waals surface area contributed by atoms with Crippen LogP contribution in [0.25, 0.3) is 0 Å². The molecule has 0 fully saturated rings. The van der Waals surface area contributed by atoms with E-state index in [9.17, 15) is 0 Å². The number of aryl methyl sites for hydroxylation is 1. The van der Waals surface area contributed by atoms with Crippen molar-refractivity contribution in [3.05, 3.63) is 47.8 Å². The smallest absolute Gasteiger partial charge is 0.0669 e. The second-order valence-electron chi connectivity index (χ2n) is 4.11. The molecular weight excluding hydrogens is 212 g/mol. The highest BCUT2D eigenvalue weighted by atomic mass is 15.3. The van der Waals surface area contributed by atoms with E-state index in [2.05, 4.69) is 17.3 Å². The molecule has 17 heavy (non-hydrogen) atoms. The highest BCUT2D eigenvalue weighted by Crippen LogP contribution is 2.20. The van der Waals surface area contributed by atoms with Crippen LogP contribution < -0.4 is 11.1 Å². The predicted molar refractivity (Wildman–Crippen MR) is 69.8 cm³/mol. The van der Waals surface area contributed by atoms with E-state index in [1.165, 1.54) is 0 Å². The van der Waals surface area contributed by atoms with Crippen LogP contribution in [-0.4, -0.2) is 16.3 Å². The Morgan fingerprint density at radius 3 is 2.59 bits per heavy atom. The van der Waals surface area contributed by atoms with Gasteiger partial charge in [-0.05, 0) is 19.1 Å². The van der Waals surface area contributed by atoms with Gasteiger partial charge in [-0.2, -0.15) is 5.10 Å². The third-order valence-electron chi connectivity index (χ3n) is 3.00. The summed E-state index contributed by atoms with van der Waals surface area (Å²) in [4.78, 5) is 0. The molecule has 0 bridgehead atoms. The summed E-state index contributed by atoms with van der Waals surface area (Å²) < 4.78 is 1.87. The van der Waals surface area contributed by atoms with Crippen LogP contribution in [0.1, 0.15) is 17.3 Å². The van der Waals surface area contributed by atoms with Crippen molar-refractivity contribution >= 4 is 5.69 Å². The van der Waals surface area contributed by atoms with Crippen molar-refractivity contribution in [3.8, 4) is 0 Å². The Morgan fingerprint density at radius 2 is 2.06 bits per heavy atom. The molecule has 1 unspecified atom stereocenters. The molecule has 1 aromatic carbocycles. The van der Waals surface area contributed by atoms with Gasteiger partial charge < -0.3 is 11.1 Å². The Hall–Kier alpha value is -1.81. The minimum Gasteiger partial charge on any atom is -0.377 e. The summed E-state index contributed by atoms with van der Waals surface area (Å²) in [7, 11) is 1.94. The average molecular weight is 230 g/mol. The monoisotopic (exact) mass is 230 g/mol. The fourth-order valence-electron chi connectivity index (χ4n) is 1.86. The van der Waals surface area contributed by atoms with E-state index < -0.39 is 0 Å². The van der Waals surface area contributed by atoms with E-state index in [1.54, 1.807) is 0 Å². The Morgan fingerprint density at radius 1 is 1.35 bits per heavy atom. The molecule has 0 aliphatic carbocycles. The molecule has 0 saturated carbocycles. The van der Waals surface area contributed by atoms with Crippen molar-refractivity contribution < 1.29 is 0 Å². The van der Waals surface area contributed by atoms with Gasteiger partial charge in [-0.3, -0.25) is 4.68 Å². The Bertz CT molecular complexity index is 475. The summed E-state index contributed by atoms with van der Waals surface area (Å²) in [6.45, 7) is 2.60. The van der Waals surface area contributed by atoms with Gasteiger partial charge in [0.2, 0.25) is 0 Å². The number of benzene rings is 1. The van der Waals surface area contributed by atoms with Gasteiger partial charge in [0, 0.05) is 30.5 Å². The lowest BCUT2D eigenvalue weighted by atomic mass is 10.1. The standard InChI is InChI=1S/C13H18N4/c1-10-12(9-15-17(10)2)13(8-14)16-11-6-4-3-5-7-11/h3-7,9,13,16H,8,14H2,1-2H3. The van der Waals surface area contributed by atoms with Crippen LogP contribution in [0.5, 0.6) is 0 Å². The first-order chi connectivity index (χ1) is 8.22. The maximum atomic E-state index is 5.83. The van der Waals surface area contributed by atoms with Gasteiger partial charge in [-0.25, -0.2) is 0 Å². The van der Waals surface area contributed by atoms with Crippen LogP contribution in [-0.2, 0) is 7.05 Å². The third-order valence-corrected chi connectivity index (χ3v) is 3.00. The van der Waals surface area contributed by atoms with Crippen molar-refractivity contribution in [2.45, 2.75) is 13.0 Å². The Labute approximate surface area is 101 Å². The number of para-hydroxylation sites is 1. The van der Waals surface area contributed by atoms with Gasteiger partial charge >= 0.3 is 0 Å². The van der Waals surface area contributed by atoms with Gasteiger partial charge in [0.25, 0.3) is 0 Å². The van der Waals surface area contributed by atoms with E-state index in [0.717, 1.165) is 16.9 Å². The summed E-state index contributed by atoms with van der Waals surface area (Å²) in [5.74, 6) is 0. The van der Waals surface area contributed by atoms with Gasteiger partial charge in [0.1, 0.15) is 0 Å². The topological polar surface area (TPSA) is 55.9 Å². The van der Waals surface area contributed by atoms with E-state index in [4.69, 9.17) is 5.73 Å². The van der Waals surface area contributed by atoms with Gasteiger partial charge in [-0.15, -0.1) is 0 Å². The first kappa shape index (κ1) is 11.7. The van der Waals surface area contributed by atoms with E-state index in [1.807, 2.05) is 48.3 Å². The minimum atomic E-state index is 0.103. The zero-order chi connectivity index (χ0) is 12.3. The highest BCUT2D eigenvalue weighted by molar-refractivity contribution is 5.45. The molecule has 1 aromatic heterocycles. The fraction of sp³-hybridized carbons (Fsp3) is 0.308. The molecule has 4 nitrogen and oxygen atoms in total. The normalized spacial score (nSPS) is 12.4. The molecule has 4 heteroatoms. The maximum absolute atomic E-state index is 5.83. The number of anilines is 1. The lowest BCUT2D eigenvalue weighted by Crippen LogP contribution is -2.21. The zero-order valence-corrected chi connectivity index (χ0v) is 10.2. The van der Waals surface area contributed by atoms with Crippen LogP contribution in [0.4, 0.5) is 5.69 Å². The maximum Gasteiger partial charge on any atom is 0.0669 e. The van der Waals surface area contributed by atoms with Crippen LogP contribution in [0, 0.1) is 6.92 Å². The quantitative estimate of drug-likeness (QED) is 0.842. The van der Waals surface area contributed by atoms with Crippen LogP contribution in [0.15, 0.2) is 36.5 Å². The number of hydrogen-bond acceptors (Lipinski definition) is 3. The molecule has 0 aliphatic heterocycles. The van der Waals surface area contributed by atoms with E-state index >= 15 is 0 Å². The van der Waals surface area contributed by atoms with Gasteiger partial charge in [0.15, 0.2) is 0 Å². The minimum absolute atomic E-state index is 0.103. The molecule has 0 spiro atoms. The number of hydrogen-bond donors (Lipinski definition) is 2. The lowest BCUT2D eigenvalue weighted by Gasteiger charge is -2.18. The van der Waals surface area contributed by atoms with Crippen molar-refractivity contribution in [3.63, 3.8) is 0 Å². The van der Waals surface area contributed by atoms with Crippen molar-refractivity contribution in [2.24, 2.45) is 12.8 Å². The number of nitrogens with one attached hydrogen (secondary N) is 1. The van der Waals surface area contributed by atoms with Crippen LogP contribution in [0.3, 0.4) is 0 Å². The lowest BCUT2D eigenvalue weighted by molar-refractivity contribution is 0.728. The van der Waals surface area contributed by atoms with E-state index in [0.29, 0.717) is 6.54 Å². The largest absolute Gasteiger partial charge is 0.377 e. The Balaban J connectivity index is 2.20.